The average molecular weight is 300 g/mol. The van der Waals surface area contributed by atoms with Crippen LogP contribution in [0.3, 0.4) is 0 Å². The molecule has 0 aliphatic rings. The van der Waals surface area contributed by atoms with Gasteiger partial charge in [0.2, 0.25) is 0 Å². The number of rotatable bonds is 4. The summed E-state index contributed by atoms with van der Waals surface area (Å²) in [5.41, 5.74) is 1.60. The zero-order valence-electron chi connectivity index (χ0n) is 11.7. The van der Waals surface area contributed by atoms with Crippen molar-refractivity contribution >= 4 is 17.2 Å². The molecule has 0 aliphatic carbocycles. The zero-order chi connectivity index (χ0) is 15.1. The third kappa shape index (κ3) is 4.42. The van der Waals surface area contributed by atoms with Gasteiger partial charge in [-0.2, -0.15) is 0 Å². The highest BCUT2D eigenvalue weighted by Gasteiger charge is 2.13. The molecule has 21 heavy (non-hydrogen) atoms. The Morgan fingerprint density at radius 1 is 1.48 bits per heavy atom. The van der Waals surface area contributed by atoms with Crippen LogP contribution < -0.4 is 0 Å². The molecule has 0 unspecified atom stereocenters. The molecule has 0 aliphatic heterocycles. The summed E-state index contributed by atoms with van der Waals surface area (Å²) in [6.45, 7) is 0.439. The number of likely N-dealkylation sites (N-methyl/N-ethyl adjacent to an activating group) is 1. The second kappa shape index (κ2) is 7.58. The maximum Gasteiger partial charge on any atom is 0.254 e. The first-order valence-electron chi connectivity index (χ1n) is 6.54. The molecule has 5 heteroatoms. The minimum atomic E-state index is -0.175. The number of pyridine rings is 1. The van der Waals surface area contributed by atoms with Crippen molar-refractivity contribution in [3.63, 3.8) is 0 Å². The van der Waals surface area contributed by atoms with E-state index in [4.69, 9.17) is 5.11 Å². The van der Waals surface area contributed by atoms with Gasteiger partial charge in [0, 0.05) is 37.3 Å². The van der Waals surface area contributed by atoms with Gasteiger partial charge in [0.05, 0.1) is 10.4 Å². The van der Waals surface area contributed by atoms with Gasteiger partial charge in [-0.1, -0.05) is 17.9 Å². The maximum absolute atomic E-state index is 12.3. The maximum atomic E-state index is 12.3. The molecule has 0 spiro atoms. The van der Waals surface area contributed by atoms with Crippen LogP contribution in [-0.4, -0.2) is 41.1 Å². The summed E-state index contributed by atoms with van der Waals surface area (Å²) in [7, 11) is 1.78. The van der Waals surface area contributed by atoms with Crippen LogP contribution in [0.15, 0.2) is 35.8 Å². The van der Waals surface area contributed by atoms with E-state index in [9.17, 15) is 4.79 Å². The van der Waals surface area contributed by atoms with Crippen LogP contribution >= 0.6 is 11.3 Å². The van der Waals surface area contributed by atoms with Crippen molar-refractivity contribution in [3.8, 4) is 11.8 Å². The van der Waals surface area contributed by atoms with Gasteiger partial charge in [0.15, 0.2) is 0 Å². The lowest BCUT2D eigenvalue weighted by Crippen LogP contribution is -2.28. The molecule has 4 nitrogen and oxygen atoms in total. The van der Waals surface area contributed by atoms with Crippen molar-refractivity contribution in [3.05, 3.63) is 52.0 Å². The second-order valence-corrected chi connectivity index (χ2v) is 5.37. The molecule has 0 saturated heterocycles. The fourth-order valence-electron chi connectivity index (χ4n) is 1.79. The van der Waals surface area contributed by atoms with Gasteiger partial charge in [0.25, 0.3) is 5.91 Å². The van der Waals surface area contributed by atoms with E-state index >= 15 is 0 Å². The summed E-state index contributed by atoms with van der Waals surface area (Å²) in [6, 6.07) is 7.52. The number of carbonyl (C=O) groups excluding carboxylic acids is 1. The third-order valence-corrected chi connectivity index (χ3v) is 3.76. The van der Waals surface area contributed by atoms with Crippen molar-refractivity contribution in [2.24, 2.45) is 0 Å². The van der Waals surface area contributed by atoms with E-state index < -0.39 is 0 Å². The van der Waals surface area contributed by atoms with E-state index in [0.29, 0.717) is 12.1 Å². The van der Waals surface area contributed by atoms with Crippen LogP contribution in [0.25, 0.3) is 0 Å². The highest BCUT2D eigenvalue weighted by atomic mass is 32.1. The zero-order valence-corrected chi connectivity index (χ0v) is 12.6. The fourth-order valence-corrected chi connectivity index (χ4v) is 2.54. The standard InChI is InChI=1S/C16H16N2O2S/c1-18(9-7-14-5-2-3-8-17-14)16(20)13-11-15(21-12-13)6-4-10-19/h2-3,5,8,11-12,19H,7,9-10H2,1H3. The van der Waals surface area contributed by atoms with Gasteiger partial charge in [-0.15, -0.1) is 11.3 Å². The van der Waals surface area contributed by atoms with Crippen LogP contribution in [0.5, 0.6) is 0 Å². The number of amides is 1. The first-order chi connectivity index (χ1) is 10.2. The predicted molar refractivity (Wildman–Crippen MR) is 83.2 cm³/mol. The number of hydrogen-bond donors (Lipinski definition) is 1. The molecule has 0 bridgehead atoms. The molecule has 2 aromatic rings. The average Bonchev–Trinajstić information content (AvgIpc) is 2.99. The van der Waals surface area contributed by atoms with E-state index in [1.165, 1.54) is 11.3 Å². The van der Waals surface area contributed by atoms with Gasteiger partial charge in [-0.3, -0.25) is 9.78 Å². The first-order valence-corrected chi connectivity index (χ1v) is 7.42. The van der Waals surface area contributed by atoms with E-state index in [1.54, 1.807) is 29.6 Å². The Hall–Kier alpha value is -2.16. The monoisotopic (exact) mass is 300 g/mol. The van der Waals surface area contributed by atoms with E-state index in [2.05, 4.69) is 16.8 Å². The number of aliphatic hydroxyl groups excluding tert-OH is 1. The summed E-state index contributed by atoms with van der Waals surface area (Å²) in [6.07, 6.45) is 2.48. The Morgan fingerprint density at radius 3 is 3.05 bits per heavy atom. The van der Waals surface area contributed by atoms with Crippen LogP contribution in [0, 0.1) is 11.8 Å². The molecule has 2 heterocycles. The summed E-state index contributed by atoms with van der Waals surface area (Å²) in [5.74, 6) is 5.35. The molecule has 2 aromatic heterocycles. The highest BCUT2D eigenvalue weighted by molar-refractivity contribution is 7.10. The number of aromatic nitrogens is 1. The van der Waals surface area contributed by atoms with Crippen LogP contribution in [0.4, 0.5) is 0 Å². The lowest BCUT2D eigenvalue weighted by molar-refractivity contribution is 0.0797. The molecule has 1 amide bonds. The Morgan fingerprint density at radius 2 is 2.33 bits per heavy atom. The highest BCUT2D eigenvalue weighted by Crippen LogP contribution is 2.15. The van der Waals surface area contributed by atoms with Gasteiger partial charge in [0.1, 0.15) is 6.61 Å². The molecule has 0 atom stereocenters. The van der Waals surface area contributed by atoms with Crippen molar-refractivity contribution < 1.29 is 9.90 Å². The van der Waals surface area contributed by atoms with Gasteiger partial charge < -0.3 is 10.0 Å². The molecule has 108 valence electrons. The summed E-state index contributed by atoms with van der Waals surface area (Å²) >= 11 is 1.41. The Labute approximate surface area is 128 Å². The number of nitrogens with zero attached hydrogens (tertiary/aromatic N) is 2. The Balaban J connectivity index is 1.94. The van der Waals surface area contributed by atoms with Crippen molar-refractivity contribution in [2.75, 3.05) is 20.2 Å². The summed E-state index contributed by atoms with van der Waals surface area (Å²) in [4.78, 5) is 19.0. The fraction of sp³-hybridized carbons (Fsp3) is 0.250. The van der Waals surface area contributed by atoms with E-state index in [-0.39, 0.29) is 12.5 Å². The Kier molecular flexibility index (Phi) is 5.50. The first kappa shape index (κ1) is 15.2. The molecule has 0 saturated carbocycles. The second-order valence-electron chi connectivity index (χ2n) is 4.46. The largest absolute Gasteiger partial charge is 0.384 e. The smallest absolute Gasteiger partial charge is 0.254 e. The molecular formula is C16H16N2O2S. The van der Waals surface area contributed by atoms with Crippen molar-refractivity contribution in [2.45, 2.75) is 6.42 Å². The van der Waals surface area contributed by atoms with E-state index in [0.717, 1.165) is 17.0 Å². The molecule has 0 radical (unpaired) electrons. The molecule has 1 N–H and O–H groups in total. The minimum Gasteiger partial charge on any atom is -0.384 e. The molecule has 2 rings (SSSR count). The van der Waals surface area contributed by atoms with Crippen LogP contribution in [0.2, 0.25) is 0 Å². The lowest BCUT2D eigenvalue weighted by Gasteiger charge is -2.15. The number of aliphatic hydroxyl groups is 1. The lowest BCUT2D eigenvalue weighted by atomic mass is 10.2. The summed E-state index contributed by atoms with van der Waals surface area (Å²) in [5, 5.41) is 10.5. The van der Waals surface area contributed by atoms with Crippen LogP contribution in [-0.2, 0) is 6.42 Å². The van der Waals surface area contributed by atoms with Crippen LogP contribution in [0.1, 0.15) is 20.9 Å². The summed E-state index contributed by atoms with van der Waals surface area (Å²) < 4.78 is 0. The molecule has 0 aromatic carbocycles. The van der Waals surface area contributed by atoms with Gasteiger partial charge in [-0.25, -0.2) is 0 Å². The normalized spacial score (nSPS) is 9.81. The minimum absolute atomic E-state index is 0.0285. The number of hydrogen-bond acceptors (Lipinski definition) is 4. The quantitative estimate of drug-likeness (QED) is 0.876. The van der Waals surface area contributed by atoms with Gasteiger partial charge in [-0.05, 0) is 18.2 Å². The van der Waals surface area contributed by atoms with E-state index in [1.807, 2.05) is 18.2 Å². The number of thiophene rings is 1. The van der Waals surface area contributed by atoms with Crippen molar-refractivity contribution in [1.29, 1.82) is 0 Å². The molecular weight excluding hydrogens is 284 g/mol. The SMILES string of the molecule is CN(CCc1ccccn1)C(=O)c1csc(C#CCO)c1. The number of carbonyl (C=O) groups is 1. The third-order valence-electron chi connectivity index (χ3n) is 2.91. The Bertz CT molecular complexity index is 656. The topological polar surface area (TPSA) is 53.4 Å². The van der Waals surface area contributed by atoms with Crippen molar-refractivity contribution in [1.82, 2.24) is 9.88 Å². The predicted octanol–water partition coefficient (Wildman–Crippen LogP) is 1.80. The molecule has 0 fully saturated rings. The van der Waals surface area contributed by atoms with Gasteiger partial charge >= 0.3 is 0 Å².